The molecule has 4 rings (SSSR count). The molecule has 1 unspecified atom stereocenters. The molecular formula is C24H25NO6. The molecule has 31 heavy (non-hydrogen) atoms. The molecule has 0 spiro atoms. The summed E-state index contributed by atoms with van der Waals surface area (Å²) in [6, 6.07) is 11.5. The van der Waals surface area contributed by atoms with Crippen molar-refractivity contribution in [3.05, 3.63) is 59.2 Å². The highest BCUT2D eigenvalue weighted by Gasteiger charge is 2.45. The molecule has 2 aliphatic heterocycles. The molecule has 0 aliphatic carbocycles. The second kappa shape index (κ2) is 8.71. The third kappa shape index (κ3) is 3.83. The van der Waals surface area contributed by atoms with Crippen LogP contribution >= 0.6 is 0 Å². The predicted octanol–water partition coefficient (Wildman–Crippen LogP) is 3.69. The van der Waals surface area contributed by atoms with Crippen molar-refractivity contribution in [1.82, 2.24) is 4.90 Å². The van der Waals surface area contributed by atoms with Crippen LogP contribution in [0.15, 0.2) is 48.0 Å². The quantitative estimate of drug-likeness (QED) is 0.433. The molecule has 2 aliphatic rings. The number of hydrogen-bond acceptors (Lipinski definition) is 6. The van der Waals surface area contributed by atoms with Crippen molar-refractivity contribution < 1.29 is 28.9 Å². The van der Waals surface area contributed by atoms with E-state index in [4.69, 9.17) is 14.2 Å². The number of nitrogens with zero attached hydrogens (tertiary/aromatic N) is 1. The molecule has 0 bridgehead atoms. The molecule has 0 aromatic heterocycles. The van der Waals surface area contributed by atoms with Gasteiger partial charge in [0, 0.05) is 12.1 Å². The van der Waals surface area contributed by atoms with E-state index in [1.54, 1.807) is 24.3 Å². The molecule has 2 aromatic rings. The number of likely N-dealkylation sites (tertiary alicyclic amines) is 1. The second-order valence-electron chi connectivity index (χ2n) is 7.36. The maximum atomic E-state index is 13.0. The fourth-order valence-electron chi connectivity index (χ4n) is 3.99. The smallest absolute Gasteiger partial charge is 0.295 e. The van der Waals surface area contributed by atoms with Crippen LogP contribution in [0.1, 0.15) is 37.4 Å². The molecule has 1 saturated heterocycles. The Hall–Kier alpha value is -3.48. The zero-order valence-electron chi connectivity index (χ0n) is 17.6. The first-order chi connectivity index (χ1) is 15.0. The van der Waals surface area contributed by atoms with Crippen LogP contribution < -0.4 is 14.2 Å². The van der Waals surface area contributed by atoms with Gasteiger partial charge >= 0.3 is 0 Å². The third-order valence-corrected chi connectivity index (χ3v) is 5.30. The van der Waals surface area contributed by atoms with Gasteiger partial charge < -0.3 is 24.2 Å². The van der Waals surface area contributed by atoms with E-state index in [0.29, 0.717) is 61.2 Å². The summed E-state index contributed by atoms with van der Waals surface area (Å²) in [6.07, 6.45) is 0.679. The van der Waals surface area contributed by atoms with Crippen molar-refractivity contribution in [2.75, 3.05) is 26.4 Å². The van der Waals surface area contributed by atoms with Crippen molar-refractivity contribution in [1.29, 1.82) is 0 Å². The molecule has 0 radical (unpaired) electrons. The van der Waals surface area contributed by atoms with Gasteiger partial charge in [-0.25, -0.2) is 0 Å². The SMILES string of the molecule is CCCN1C(=O)C(=O)/C(=C(\O)c2ccc3c(c2)OCCO3)C1c1cccc(OCC)c1. The van der Waals surface area contributed by atoms with Crippen molar-refractivity contribution in [3.63, 3.8) is 0 Å². The number of hydrogen-bond donors (Lipinski definition) is 1. The molecule has 1 atom stereocenters. The Morgan fingerprint density at radius 1 is 1.10 bits per heavy atom. The predicted molar refractivity (Wildman–Crippen MR) is 114 cm³/mol. The molecule has 2 heterocycles. The molecule has 1 N–H and O–H groups in total. The first-order valence-corrected chi connectivity index (χ1v) is 10.5. The Kier molecular flexibility index (Phi) is 5.84. The summed E-state index contributed by atoms with van der Waals surface area (Å²) in [4.78, 5) is 27.3. The number of rotatable bonds is 6. The van der Waals surface area contributed by atoms with Gasteiger partial charge in [-0.05, 0) is 49.2 Å². The molecule has 0 saturated carbocycles. The van der Waals surface area contributed by atoms with Crippen LogP contribution in [0.25, 0.3) is 5.76 Å². The average molecular weight is 423 g/mol. The Morgan fingerprint density at radius 2 is 1.87 bits per heavy atom. The van der Waals surface area contributed by atoms with E-state index >= 15 is 0 Å². The summed E-state index contributed by atoms with van der Waals surface area (Å²) in [5, 5.41) is 11.2. The van der Waals surface area contributed by atoms with Crippen molar-refractivity contribution in [3.8, 4) is 17.2 Å². The fourth-order valence-corrected chi connectivity index (χ4v) is 3.99. The zero-order chi connectivity index (χ0) is 22.0. The van der Waals surface area contributed by atoms with E-state index in [-0.39, 0.29) is 11.3 Å². The van der Waals surface area contributed by atoms with Gasteiger partial charge in [-0.1, -0.05) is 19.1 Å². The molecule has 2 aromatic carbocycles. The lowest BCUT2D eigenvalue weighted by atomic mass is 9.95. The highest BCUT2D eigenvalue weighted by atomic mass is 16.6. The number of ketones is 1. The second-order valence-corrected chi connectivity index (χ2v) is 7.36. The van der Waals surface area contributed by atoms with Crippen LogP contribution in [0.2, 0.25) is 0 Å². The van der Waals surface area contributed by atoms with Gasteiger partial charge in [-0.15, -0.1) is 0 Å². The van der Waals surface area contributed by atoms with Crippen molar-refractivity contribution in [2.45, 2.75) is 26.3 Å². The molecule has 7 nitrogen and oxygen atoms in total. The number of aliphatic hydroxyl groups is 1. The summed E-state index contributed by atoms with van der Waals surface area (Å²) in [7, 11) is 0. The standard InChI is InChI=1S/C24H25NO6/c1-3-10-25-21(15-6-5-7-17(13-15)29-4-2)20(23(27)24(25)28)22(26)16-8-9-18-19(14-16)31-12-11-30-18/h5-9,13-14,21,26H,3-4,10-12H2,1-2H3/b22-20-. The molecule has 1 amide bonds. The zero-order valence-corrected chi connectivity index (χ0v) is 17.6. The van der Waals surface area contributed by atoms with E-state index in [9.17, 15) is 14.7 Å². The lowest BCUT2D eigenvalue weighted by Gasteiger charge is -2.25. The summed E-state index contributed by atoms with van der Waals surface area (Å²) in [5.41, 5.74) is 1.16. The number of amides is 1. The minimum atomic E-state index is -0.701. The van der Waals surface area contributed by atoms with Gasteiger partial charge in [0.2, 0.25) is 0 Å². The summed E-state index contributed by atoms with van der Waals surface area (Å²) in [5.74, 6) is 0.158. The summed E-state index contributed by atoms with van der Waals surface area (Å²) >= 11 is 0. The van der Waals surface area contributed by atoms with Gasteiger partial charge in [-0.2, -0.15) is 0 Å². The van der Waals surface area contributed by atoms with Gasteiger partial charge in [0.05, 0.1) is 18.2 Å². The Bertz CT molecular complexity index is 1040. The van der Waals surface area contributed by atoms with Crippen LogP contribution in [0.3, 0.4) is 0 Å². The summed E-state index contributed by atoms with van der Waals surface area (Å²) < 4.78 is 16.7. The summed E-state index contributed by atoms with van der Waals surface area (Å²) in [6.45, 7) is 5.58. The lowest BCUT2D eigenvalue weighted by Crippen LogP contribution is -2.30. The van der Waals surface area contributed by atoms with E-state index in [2.05, 4.69) is 0 Å². The third-order valence-electron chi connectivity index (χ3n) is 5.30. The van der Waals surface area contributed by atoms with Gasteiger partial charge in [-0.3, -0.25) is 9.59 Å². The topological polar surface area (TPSA) is 85.3 Å². The highest BCUT2D eigenvalue weighted by Crippen LogP contribution is 2.41. The monoisotopic (exact) mass is 423 g/mol. The van der Waals surface area contributed by atoms with Crippen LogP contribution in [0.5, 0.6) is 17.2 Å². The van der Waals surface area contributed by atoms with Crippen molar-refractivity contribution in [2.24, 2.45) is 0 Å². The van der Waals surface area contributed by atoms with Crippen LogP contribution in [0, 0.1) is 0 Å². The number of fused-ring (bicyclic) bond motifs is 1. The normalized spacial score (nSPS) is 19.5. The average Bonchev–Trinajstić information content (AvgIpc) is 3.04. The van der Waals surface area contributed by atoms with E-state index < -0.39 is 17.7 Å². The fraction of sp³-hybridized carbons (Fsp3) is 0.333. The number of aliphatic hydroxyl groups excluding tert-OH is 1. The first-order valence-electron chi connectivity index (χ1n) is 10.5. The van der Waals surface area contributed by atoms with Gasteiger partial charge in [0.15, 0.2) is 11.5 Å². The Labute approximate surface area is 180 Å². The van der Waals surface area contributed by atoms with E-state index in [1.165, 1.54) is 4.90 Å². The Balaban J connectivity index is 1.84. The first kappa shape index (κ1) is 20.8. The number of Topliss-reactive ketones (excluding diaryl/α,β-unsaturated/α-hetero) is 1. The number of carbonyl (C=O) groups is 2. The minimum absolute atomic E-state index is 0.0591. The largest absolute Gasteiger partial charge is 0.507 e. The molecule has 162 valence electrons. The minimum Gasteiger partial charge on any atom is -0.507 e. The van der Waals surface area contributed by atoms with Gasteiger partial charge in [0.25, 0.3) is 11.7 Å². The van der Waals surface area contributed by atoms with Crippen molar-refractivity contribution >= 4 is 17.4 Å². The van der Waals surface area contributed by atoms with E-state index in [0.717, 1.165) is 0 Å². The number of carbonyl (C=O) groups excluding carboxylic acids is 2. The molecule has 7 heteroatoms. The number of benzene rings is 2. The lowest BCUT2D eigenvalue weighted by molar-refractivity contribution is -0.139. The van der Waals surface area contributed by atoms with Crippen LogP contribution in [-0.4, -0.2) is 48.1 Å². The molecular weight excluding hydrogens is 398 g/mol. The Morgan fingerprint density at radius 3 is 2.61 bits per heavy atom. The maximum Gasteiger partial charge on any atom is 0.295 e. The van der Waals surface area contributed by atoms with E-state index in [1.807, 2.05) is 32.0 Å². The number of ether oxygens (including phenoxy) is 3. The maximum absolute atomic E-state index is 13.0. The molecule has 1 fully saturated rings. The van der Waals surface area contributed by atoms with Crippen LogP contribution in [-0.2, 0) is 9.59 Å². The van der Waals surface area contributed by atoms with Gasteiger partial charge in [0.1, 0.15) is 24.7 Å². The highest BCUT2D eigenvalue weighted by molar-refractivity contribution is 6.46. The van der Waals surface area contributed by atoms with Crippen LogP contribution in [0.4, 0.5) is 0 Å².